The molecule has 31 heavy (non-hydrogen) atoms. The smallest absolute Gasteiger partial charge is 0.120 e. The molecule has 0 fully saturated rings. The van der Waals surface area contributed by atoms with Crippen LogP contribution in [0.25, 0.3) is 0 Å². The predicted octanol–water partition coefficient (Wildman–Crippen LogP) is 6.46. The Hall–Kier alpha value is -2.75. The van der Waals surface area contributed by atoms with Gasteiger partial charge in [0.25, 0.3) is 0 Å². The highest BCUT2D eigenvalue weighted by atomic mass is 16.5. The number of hydrogen-bond acceptors (Lipinski definition) is 3. The molecule has 0 aliphatic carbocycles. The third-order valence-corrected chi connectivity index (χ3v) is 5.00. The van der Waals surface area contributed by atoms with Gasteiger partial charge in [0.15, 0.2) is 0 Å². The molecule has 0 saturated carbocycles. The van der Waals surface area contributed by atoms with Crippen LogP contribution in [0.2, 0.25) is 0 Å². The van der Waals surface area contributed by atoms with Crippen LogP contribution in [0.5, 0.6) is 0 Å². The van der Waals surface area contributed by atoms with Gasteiger partial charge in [0, 0.05) is 11.8 Å². The number of unbranched alkanes of at least 4 members (excludes halogenated alkanes) is 1. The Morgan fingerprint density at radius 1 is 0.742 bits per heavy atom. The van der Waals surface area contributed by atoms with E-state index < -0.39 is 0 Å². The maximum Gasteiger partial charge on any atom is 0.120 e. The van der Waals surface area contributed by atoms with Crippen molar-refractivity contribution in [2.24, 2.45) is 5.41 Å². The Kier molecular flexibility index (Phi) is 12.0. The molecule has 0 aliphatic heterocycles. The van der Waals surface area contributed by atoms with E-state index in [4.69, 9.17) is 9.47 Å². The monoisotopic (exact) mass is 418 g/mol. The summed E-state index contributed by atoms with van der Waals surface area (Å²) in [6.07, 6.45) is 14.0. The van der Waals surface area contributed by atoms with Crippen LogP contribution in [0.4, 0.5) is 0 Å². The van der Waals surface area contributed by atoms with E-state index in [1.54, 1.807) is 0 Å². The maximum absolute atomic E-state index is 10.4. The van der Waals surface area contributed by atoms with Crippen molar-refractivity contribution < 1.29 is 14.3 Å². The normalized spacial score (nSPS) is 11.9. The van der Waals surface area contributed by atoms with Crippen molar-refractivity contribution in [2.75, 3.05) is 13.2 Å². The first-order valence-corrected chi connectivity index (χ1v) is 10.9. The predicted molar refractivity (Wildman–Crippen MR) is 128 cm³/mol. The maximum atomic E-state index is 10.4. The second-order valence-electron chi connectivity index (χ2n) is 7.75. The van der Waals surface area contributed by atoms with Crippen molar-refractivity contribution in [2.45, 2.75) is 38.9 Å². The Morgan fingerprint density at radius 3 is 1.81 bits per heavy atom. The highest BCUT2D eigenvalue weighted by Crippen LogP contribution is 2.30. The van der Waals surface area contributed by atoms with E-state index in [2.05, 4.69) is 36.9 Å². The minimum atomic E-state index is -0.182. The average Bonchev–Trinajstić information content (AvgIpc) is 2.80. The fraction of sp³-hybridized carbons (Fsp3) is 0.321. The Bertz CT molecular complexity index is 748. The summed E-state index contributed by atoms with van der Waals surface area (Å²) in [5.74, 6) is 0. The number of hydrogen-bond donors (Lipinski definition) is 0. The summed E-state index contributed by atoms with van der Waals surface area (Å²) in [5, 5.41) is 0. The summed E-state index contributed by atoms with van der Waals surface area (Å²) in [4.78, 5) is 10.4. The van der Waals surface area contributed by atoms with Crippen molar-refractivity contribution in [3.05, 3.63) is 109 Å². The molecule has 0 bridgehead atoms. The van der Waals surface area contributed by atoms with E-state index >= 15 is 0 Å². The van der Waals surface area contributed by atoms with Crippen LogP contribution in [0.3, 0.4) is 0 Å². The molecule has 0 amide bonds. The lowest BCUT2D eigenvalue weighted by Crippen LogP contribution is -2.31. The minimum Gasteiger partial charge on any atom is -0.376 e. The molecule has 2 rings (SSSR count). The molecule has 0 radical (unpaired) electrons. The molecule has 0 atom stereocenters. The van der Waals surface area contributed by atoms with Gasteiger partial charge in [-0.15, -0.1) is 6.58 Å². The van der Waals surface area contributed by atoms with Crippen molar-refractivity contribution in [3.8, 4) is 0 Å². The number of carbonyl (C=O) groups is 1. The van der Waals surface area contributed by atoms with Crippen LogP contribution >= 0.6 is 0 Å². The van der Waals surface area contributed by atoms with Gasteiger partial charge in [0.1, 0.15) is 6.29 Å². The largest absolute Gasteiger partial charge is 0.376 e. The molecule has 3 heteroatoms. The van der Waals surface area contributed by atoms with Gasteiger partial charge >= 0.3 is 0 Å². The van der Waals surface area contributed by atoms with Crippen molar-refractivity contribution >= 4 is 6.29 Å². The topological polar surface area (TPSA) is 35.5 Å². The van der Waals surface area contributed by atoms with Gasteiger partial charge in [-0.1, -0.05) is 91.0 Å². The molecule has 0 heterocycles. The second kappa shape index (κ2) is 15.1. The average molecular weight is 419 g/mol. The number of aldehydes is 1. The van der Waals surface area contributed by atoms with Gasteiger partial charge in [-0.3, -0.25) is 0 Å². The molecule has 0 saturated heterocycles. The number of rotatable bonds is 16. The first-order chi connectivity index (χ1) is 15.3. The number of benzene rings is 2. The lowest BCUT2D eigenvalue weighted by Gasteiger charge is -2.31. The Morgan fingerprint density at radius 2 is 1.29 bits per heavy atom. The van der Waals surface area contributed by atoms with Crippen LogP contribution in [0.1, 0.15) is 36.8 Å². The lowest BCUT2D eigenvalue weighted by molar-refractivity contribution is -0.107. The van der Waals surface area contributed by atoms with Crippen LogP contribution in [0, 0.1) is 5.41 Å². The third-order valence-electron chi connectivity index (χ3n) is 5.00. The summed E-state index contributed by atoms with van der Waals surface area (Å²) in [7, 11) is 0. The first-order valence-electron chi connectivity index (χ1n) is 10.9. The summed E-state index contributed by atoms with van der Waals surface area (Å²) in [5.41, 5.74) is 2.14. The van der Waals surface area contributed by atoms with Gasteiger partial charge in [-0.2, -0.15) is 0 Å². The van der Waals surface area contributed by atoms with Crippen molar-refractivity contribution in [3.63, 3.8) is 0 Å². The fourth-order valence-electron chi connectivity index (χ4n) is 3.32. The Balaban J connectivity index is 1.99. The highest BCUT2D eigenvalue weighted by molar-refractivity contribution is 5.49. The quantitative estimate of drug-likeness (QED) is 0.136. The zero-order chi connectivity index (χ0) is 22.0. The van der Waals surface area contributed by atoms with E-state index in [0.29, 0.717) is 32.8 Å². The molecule has 164 valence electrons. The molecule has 0 unspecified atom stereocenters. The van der Waals surface area contributed by atoms with Gasteiger partial charge in [0.05, 0.1) is 26.4 Å². The molecule has 0 spiro atoms. The van der Waals surface area contributed by atoms with Crippen LogP contribution in [-0.2, 0) is 27.5 Å². The number of carbonyl (C=O) groups excluding carboxylic acids is 1. The second-order valence-corrected chi connectivity index (χ2v) is 7.75. The number of ether oxygens (including phenoxy) is 2. The zero-order valence-electron chi connectivity index (χ0n) is 18.3. The standard InChI is InChI=1S/C28H34O3/c1-2-19-28(20-13-5-3-4-6-14-21-29,24-30-22-26-15-9-7-10-16-26)25-31-23-27-17-11-8-12-18-27/h2-5,7-13,15-18,21H,1,6,14,19-20,22-25H2/b4-3-,13-5+. The van der Waals surface area contributed by atoms with Gasteiger partial charge in [-0.25, -0.2) is 0 Å². The fourth-order valence-corrected chi connectivity index (χ4v) is 3.32. The number of allylic oxidation sites excluding steroid dienone is 5. The molecular weight excluding hydrogens is 384 g/mol. The molecule has 0 N–H and O–H groups in total. The summed E-state index contributed by atoms with van der Waals surface area (Å²) >= 11 is 0. The molecule has 2 aromatic carbocycles. The minimum absolute atomic E-state index is 0.182. The lowest BCUT2D eigenvalue weighted by atomic mass is 9.82. The van der Waals surface area contributed by atoms with E-state index in [1.165, 1.54) is 0 Å². The van der Waals surface area contributed by atoms with Crippen LogP contribution in [-0.4, -0.2) is 19.5 Å². The third kappa shape index (κ3) is 10.2. The molecule has 2 aromatic rings. The Labute approximate surface area is 187 Å². The molecular formula is C28H34O3. The van der Waals surface area contributed by atoms with Gasteiger partial charge in [0.2, 0.25) is 0 Å². The van der Waals surface area contributed by atoms with E-state index in [-0.39, 0.29) is 5.41 Å². The molecule has 0 aromatic heterocycles. The first kappa shape index (κ1) is 24.5. The van der Waals surface area contributed by atoms with Gasteiger partial charge in [-0.05, 0) is 30.4 Å². The highest BCUT2D eigenvalue weighted by Gasteiger charge is 2.28. The van der Waals surface area contributed by atoms with E-state index in [1.807, 2.05) is 60.7 Å². The van der Waals surface area contributed by atoms with E-state index in [9.17, 15) is 4.79 Å². The van der Waals surface area contributed by atoms with E-state index in [0.717, 1.165) is 36.7 Å². The zero-order valence-corrected chi connectivity index (χ0v) is 18.3. The van der Waals surface area contributed by atoms with Crippen molar-refractivity contribution in [1.29, 1.82) is 0 Å². The van der Waals surface area contributed by atoms with Crippen molar-refractivity contribution in [1.82, 2.24) is 0 Å². The van der Waals surface area contributed by atoms with Crippen LogP contribution < -0.4 is 0 Å². The van der Waals surface area contributed by atoms with Gasteiger partial charge < -0.3 is 14.3 Å². The summed E-state index contributed by atoms with van der Waals surface area (Å²) in [6.45, 7) is 6.30. The molecule has 0 aliphatic rings. The van der Waals surface area contributed by atoms with Crippen LogP contribution in [0.15, 0.2) is 97.6 Å². The SMILES string of the molecule is C=CCC(C/C=C/C=C\CCC=O)(COCc1ccccc1)COCc1ccccc1. The summed E-state index contributed by atoms with van der Waals surface area (Å²) in [6, 6.07) is 20.4. The molecule has 3 nitrogen and oxygen atoms in total. The summed E-state index contributed by atoms with van der Waals surface area (Å²) < 4.78 is 12.3.